The second-order valence-electron chi connectivity index (χ2n) is 5.54. The smallest absolute Gasteiger partial charge is 0.264 e. The minimum Gasteiger partial charge on any atom is -0.302 e. The number of anilines is 2. The Labute approximate surface area is 154 Å². The Bertz CT molecular complexity index is 1060. The average Bonchev–Trinajstić information content (AvgIpc) is 2.96. The van der Waals surface area contributed by atoms with Gasteiger partial charge in [0.15, 0.2) is 5.13 Å². The summed E-state index contributed by atoms with van der Waals surface area (Å²) < 4.78 is 41.6. The zero-order valence-electron chi connectivity index (χ0n) is 13.8. The van der Waals surface area contributed by atoms with Crippen molar-refractivity contribution in [2.75, 3.05) is 10.0 Å². The zero-order chi connectivity index (χ0) is 18.7. The SMILES string of the molecule is CCCC(=O)Nc1nc2cc(NS(=O)(=O)c3ccccc3F)ccc2s1. The molecule has 0 saturated carbocycles. The minimum atomic E-state index is -4.05. The van der Waals surface area contributed by atoms with Crippen molar-refractivity contribution in [3.05, 3.63) is 48.3 Å². The molecule has 6 nitrogen and oxygen atoms in total. The van der Waals surface area contributed by atoms with Crippen LogP contribution >= 0.6 is 11.3 Å². The van der Waals surface area contributed by atoms with Crippen molar-refractivity contribution in [2.24, 2.45) is 0 Å². The Hall–Kier alpha value is -2.52. The van der Waals surface area contributed by atoms with Gasteiger partial charge in [0.25, 0.3) is 10.0 Å². The first-order chi connectivity index (χ1) is 12.4. The zero-order valence-corrected chi connectivity index (χ0v) is 15.5. The summed E-state index contributed by atoms with van der Waals surface area (Å²) in [5.41, 5.74) is 0.799. The Morgan fingerprint density at radius 2 is 2.00 bits per heavy atom. The Morgan fingerprint density at radius 3 is 2.73 bits per heavy atom. The topological polar surface area (TPSA) is 88.2 Å². The molecular weight excluding hydrogens is 377 g/mol. The van der Waals surface area contributed by atoms with Crippen molar-refractivity contribution >= 4 is 48.3 Å². The van der Waals surface area contributed by atoms with Crippen molar-refractivity contribution in [1.29, 1.82) is 0 Å². The molecule has 0 aliphatic rings. The first-order valence-corrected chi connectivity index (χ1v) is 10.2. The third kappa shape index (κ3) is 4.00. The summed E-state index contributed by atoms with van der Waals surface area (Å²) >= 11 is 1.30. The van der Waals surface area contributed by atoms with Crippen LogP contribution in [0.4, 0.5) is 15.2 Å². The molecule has 0 aliphatic carbocycles. The Morgan fingerprint density at radius 1 is 1.23 bits per heavy atom. The highest BCUT2D eigenvalue weighted by Crippen LogP contribution is 2.29. The van der Waals surface area contributed by atoms with Crippen molar-refractivity contribution in [2.45, 2.75) is 24.7 Å². The third-order valence-corrected chi connectivity index (χ3v) is 5.86. The van der Waals surface area contributed by atoms with Gasteiger partial charge < -0.3 is 5.32 Å². The van der Waals surface area contributed by atoms with Gasteiger partial charge in [-0.1, -0.05) is 30.4 Å². The molecule has 0 radical (unpaired) electrons. The van der Waals surface area contributed by atoms with E-state index in [-0.39, 0.29) is 11.6 Å². The van der Waals surface area contributed by atoms with Crippen LogP contribution in [0.5, 0.6) is 0 Å². The van der Waals surface area contributed by atoms with Gasteiger partial charge in [0.1, 0.15) is 10.7 Å². The minimum absolute atomic E-state index is 0.118. The molecule has 0 aliphatic heterocycles. The monoisotopic (exact) mass is 393 g/mol. The highest BCUT2D eigenvalue weighted by atomic mass is 32.2. The predicted molar refractivity (Wildman–Crippen MR) is 100 cm³/mol. The fourth-order valence-corrected chi connectivity index (χ4v) is 4.32. The van der Waals surface area contributed by atoms with Crippen LogP contribution in [0.25, 0.3) is 10.2 Å². The quantitative estimate of drug-likeness (QED) is 0.663. The lowest BCUT2D eigenvalue weighted by molar-refractivity contribution is -0.116. The van der Waals surface area contributed by atoms with Crippen molar-refractivity contribution in [3.63, 3.8) is 0 Å². The van der Waals surface area contributed by atoms with Gasteiger partial charge in [-0.3, -0.25) is 9.52 Å². The maximum Gasteiger partial charge on any atom is 0.264 e. The lowest BCUT2D eigenvalue weighted by Crippen LogP contribution is -2.14. The first-order valence-electron chi connectivity index (χ1n) is 7.87. The molecule has 2 N–H and O–H groups in total. The summed E-state index contributed by atoms with van der Waals surface area (Å²) in [6.07, 6.45) is 1.14. The van der Waals surface area contributed by atoms with E-state index in [1.165, 1.54) is 29.5 Å². The highest BCUT2D eigenvalue weighted by molar-refractivity contribution is 7.92. The number of thiazole rings is 1. The first kappa shape index (κ1) is 18.3. The second-order valence-corrected chi connectivity index (χ2v) is 8.22. The standard InChI is InChI=1S/C17H16FN3O3S2/c1-2-5-16(22)20-17-19-13-10-11(8-9-14(13)25-17)21-26(23,24)15-7-4-3-6-12(15)18/h3-4,6-10,21H,2,5H2,1H3,(H,19,20,22). The fourth-order valence-electron chi connectivity index (χ4n) is 2.33. The number of carbonyl (C=O) groups excluding carboxylic acids is 1. The summed E-state index contributed by atoms with van der Waals surface area (Å²) in [5.74, 6) is -0.942. The van der Waals surface area contributed by atoms with E-state index in [2.05, 4.69) is 15.0 Å². The summed E-state index contributed by atoms with van der Waals surface area (Å²) in [4.78, 5) is 15.5. The number of amides is 1. The molecule has 1 heterocycles. The molecular formula is C17H16FN3O3S2. The van der Waals surface area contributed by atoms with Gasteiger partial charge in [-0.25, -0.2) is 17.8 Å². The predicted octanol–water partition coefficient (Wildman–Crippen LogP) is 3.97. The van der Waals surface area contributed by atoms with Gasteiger partial charge in [-0.15, -0.1) is 0 Å². The van der Waals surface area contributed by atoms with Crippen LogP contribution in [-0.2, 0) is 14.8 Å². The van der Waals surface area contributed by atoms with Gasteiger partial charge in [-0.2, -0.15) is 0 Å². The summed E-state index contributed by atoms with van der Waals surface area (Å²) in [7, 11) is -4.05. The molecule has 2 aromatic carbocycles. The second kappa shape index (κ2) is 7.38. The molecule has 0 saturated heterocycles. The molecule has 3 aromatic rings. The number of halogens is 1. The fraction of sp³-hybridized carbons (Fsp3) is 0.176. The number of benzene rings is 2. The Balaban J connectivity index is 1.85. The molecule has 0 bridgehead atoms. The normalized spacial score (nSPS) is 11.5. The van der Waals surface area contributed by atoms with Crippen LogP contribution < -0.4 is 10.0 Å². The van der Waals surface area contributed by atoms with Crippen LogP contribution in [0.1, 0.15) is 19.8 Å². The van der Waals surface area contributed by atoms with Crippen LogP contribution in [-0.4, -0.2) is 19.3 Å². The van der Waals surface area contributed by atoms with Crippen molar-refractivity contribution < 1.29 is 17.6 Å². The molecule has 0 atom stereocenters. The van der Waals surface area contributed by atoms with E-state index < -0.39 is 20.7 Å². The number of rotatable bonds is 6. The number of nitrogens with zero attached hydrogens (tertiary/aromatic N) is 1. The van der Waals surface area contributed by atoms with Crippen LogP contribution in [0.2, 0.25) is 0 Å². The van der Waals surface area contributed by atoms with Gasteiger partial charge in [0, 0.05) is 6.42 Å². The van der Waals surface area contributed by atoms with E-state index in [1.54, 1.807) is 18.2 Å². The van der Waals surface area contributed by atoms with Crippen LogP contribution in [0, 0.1) is 5.82 Å². The largest absolute Gasteiger partial charge is 0.302 e. The van der Waals surface area contributed by atoms with E-state index in [4.69, 9.17) is 0 Å². The summed E-state index contributed by atoms with van der Waals surface area (Å²) in [6, 6.07) is 9.96. The van der Waals surface area contributed by atoms with Gasteiger partial charge in [0.05, 0.1) is 15.9 Å². The molecule has 0 fully saturated rings. The van der Waals surface area contributed by atoms with Crippen LogP contribution in [0.15, 0.2) is 47.4 Å². The van der Waals surface area contributed by atoms with E-state index in [9.17, 15) is 17.6 Å². The highest BCUT2D eigenvalue weighted by Gasteiger charge is 2.19. The molecule has 0 unspecified atom stereocenters. The molecule has 3 rings (SSSR count). The summed E-state index contributed by atoms with van der Waals surface area (Å²) in [5, 5.41) is 3.16. The Kier molecular flexibility index (Phi) is 5.19. The van der Waals surface area contributed by atoms with Gasteiger partial charge in [-0.05, 0) is 36.8 Å². The van der Waals surface area contributed by atoms with E-state index >= 15 is 0 Å². The van der Waals surface area contributed by atoms with E-state index in [1.807, 2.05) is 6.92 Å². The molecule has 9 heteroatoms. The maximum absolute atomic E-state index is 13.8. The number of aromatic nitrogens is 1. The lowest BCUT2D eigenvalue weighted by atomic mass is 10.3. The number of carbonyl (C=O) groups is 1. The van der Waals surface area contributed by atoms with Gasteiger partial charge in [0.2, 0.25) is 5.91 Å². The molecule has 1 aromatic heterocycles. The van der Waals surface area contributed by atoms with Crippen molar-refractivity contribution in [3.8, 4) is 0 Å². The summed E-state index contributed by atoms with van der Waals surface area (Å²) in [6.45, 7) is 1.91. The average molecular weight is 393 g/mol. The molecule has 136 valence electrons. The lowest BCUT2D eigenvalue weighted by Gasteiger charge is -2.08. The number of fused-ring (bicyclic) bond motifs is 1. The van der Waals surface area contributed by atoms with Crippen LogP contribution in [0.3, 0.4) is 0 Å². The van der Waals surface area contributed by atoms with E-state index in [0.29, 0.717) is 17.1 Å². The number of hydrogen-bond acceptors (Lipinski definition) is 5. The molecule has 1 amide bonds. The van der Waals surface area contributed by atoms with E-state index in [0.717, 1.165) is 17.2 Å². The molecule has 0 spiro atoms. The number of sulfonamides is 1. The van der Waals surface area contributed by atoms with Crippen molar-refractivity contribution in [1.82, 2.24) is 4.98 Å². The van der Waals surface area contributed by atoms with Gasteiger partial charge >= 0.3 is 0 Å². The molecule has 26 heavy (non-hydrogen) atoms. The number of nitrogens with one attached hydrogen (secondary N) is 2. The number of hydrogen-bond donors (Lipinski definition) is 2. The maximum atomic E-state index is 13.8. The third-order valence-electron chi connectivity index (χ3n) is 3.49.